The number of hydrazine groups is 1. The van der Waals surface area contributed by atoms with E-state index in [1.54, 1.807) is 6.07 Å². The SMILES string of the molecule is NNC(Cc1ccc(Cl)cc1Cl)CC1Cc2ccccc21. The van der Waals surface area contributed by atoms with Gasteiger partial charge in [0, 0.05) is 16.1 Å². The molecule has 0 amide bonds. The van der Waals surface area contributed by atoms with Crippen molar-refractivity contribution in [3.8, 4) is 0 Å². The molecule has 2 aromatic carbocycles. The molecule has 0 bridgehead atoms. The third kappa shape index (κ3) is 3.24. The van der Waals surface area contributed by atoms with E-state index in [1.165, 1.54) is 11.1 Å². The third-order valence-corrected chi connectivity index (χ3v) is 4.83. The summed E-state index contributed by atoms with van der Waals surface area (Å²) in [5.41, 5.74) is 6.93. The van der Waals surface area contributed by atoms with E-state index in [-0.39, 0.29) is 6.04 Å². The monoisotopic (exact) mass is 320 g/mol. The van der Waals surface area contributed by atoms with Gasteiger partial charge in [0.25, 0.3) is 0 Å². The largest absolute Gasteiger partial charge is 0.271 e. The maximum absolute atomic E-state index is 6.24. The molecule has 2 nitrogen and oxygen atoms in total. The highest BCUT2D eigenvalue weighted by atomic mass is 35.5. The lowest BCUT2D eigenvalue weighted by atomic mass is 9.74. The molecule has 0 fully saturated rings. The Morgan fingerprint density at radius 3 is 2.71 bits per heavy atom. The molecule has 3 N–H and O–H groups in total. The van der Waals surface area contributed by atoms with Crippen molar-refractivity contribution in [2.45, 2.75) is 31.2 Å². The fraction of sp³-hybridized carbons (Fsp3) is 0.294. The molecule has 3 rings (SSSR count). The first-order chi connectivity index (χ1) is 10.2. The highest BCUT2D eigenvalue weighted by Crippen LogP contribution is 2.38. The fourth-order valence-electron chi connectivity index (χ4n) is 3.08. The predicted octanol–water partition coefficient (Wildman–Crippen LogP) is 4.10. The number of benzene rings is 2. The van der Waals surface area contributed by atoms with Crippen molar-refractivity contribution in [2.24, 2.45) is 5.84 Å². The summed E-state index contributed by atoms with van der Waals surface area (Å²) in [6, 6.07) is 14.5. The molecule has 2 unspecified atom stereocenters. The van der Waals surface area contributed by atoms with Crippen molar-refractivity contribution in [2.75, 3.05) is 0 Å². The molecule has 1 aliphatic rings. The Hall–Kier alpha value is -1.06. The molecule has 21 heavy (non-hydrogen) atoms. The molecule has 1 aliphatic carbocycles. The van der Waals surface area contributed by atoms with Crippen LogP contribution < -0.4 is 11.3 Å². The minimum atomic E-state index is 0.210. The minimum absolute atomic E-state index is 0.210. The van der Waals surface area contributed by atoms with E-state index in [4.69, 9.17) is 29.0 Å². The number of hydrogen-bond donors (Lipinski definition) is 2. The topological polar surface area (TPSA) is 38.0 Å². The number of halogens is 2. The first-order valence-corrected chi connectivity index (χ1v) is 7.91. The lowest BCUT2D eigenvalue weighted by molar-refractivity contribution is 0.422. The van der Waals surface area contributed by atoms with Gasteiger partial charge in [0.05, 0.1) is 0 Å². The average Bonchev–Trinajstić information content (AvgIpc) is 2.46. The van der Waals surface area contributed by atoms with Gasteiger partial charge in [-0.2, -0.15) is 0 Å². The average molecular weight is 321 g/mol. The Morgan fingerprint density at radius 1 is 1.19 bits per heavy atom. The van der Waals surface area contributed by atoms with Crippen LogP contribution in [-0.4, -0.2) is 6.04 Å². The van der Waals surface area contributed by atoms with E-state index in [0.717, 1.165) is 24.8 Å². The van der Waals surface area contributed by atoms with Crippen LogP contribution in [0.5, 0.6) is 0 Å². The van der Waals surface area contributed by atoms with Gasteiger partial charge in [0.2, 0.25) is 0 Å². The van der Waals surface area contributed by atoms with Crippen LogP contribution in [0.2, 0.25) is 10.0 Å². The summed E-state index contributed by atoms with van der Waals surface area (Å²) in [7, 11) is 0. The van der Waals surface area contributed by atoms with E-state index >= 15 is 0 Å². The Kier molecular flexibility index (Phi) is 4.51. The van der Waals surface area contributed by atoms with Crippen molar-refractivity contribution in [3.05, 3.63) is 69.2 Å². The third-order valence-electron chi connectivity index (χ3n) is 4.25. The van der Waals surface area contributed by atoms with Crippen LogP contribution in [0.15, 0.2) is 42.5 Å². The standard InChI is InChI=1S/C17H18Cl2N2/c18-14-6-5-12(17(19)10-14)8-15(21-20)9-13-7-11-3-1-2-4-16(11)13/h1-6,10,13,15,21H,7-9,20H2. The Bertz CT molecular complexity index is 642. The maximum atomic E-state index is 6.24. The van der Waals surface area contributed by atoms with E-state index in [2.05, 4.69) is 29.7 Å². The highest BCUT2D eigenvalue weighted by molar-refractivity contribution is 6.35. The molecule has 2 aromatic rings. The molecule has 0 spiro atoms. The zero-order valence-electron chi connectivity index (χ0n) is 11.7. The van der Waals surface area contributed by atoms with E-state index in [1.807, 2.05) is 12.1 Å². The molecule has 2 atom stereocenters. The summed E-state index contributed by atoms with van der Waals surface area (Å²) in [6.07, 6.45) is 2.97. The summed E-state index contributed by atoms with van der Waals surface area (Å²) < 4.78 is 0. The molecule has 0 saturated heterocycles. The second kappa shape index (κ2) is 6.37. The molecule has 0 heterocycles. The van der Waals surface area contributed by atoms with Crippen LogP contribution in [0.25, 0.3) is 0 Å². The molecule has 0 radical (unpaired) electrons. The van der Waals surface area contributed by atoms with Crippen LogP contribution in [-0.2, 0) is 12.8 Å². The van der Waals surface area contributed by atoms with Gasteiger partial charge < -0.3 is 0 Å². The zero-order valence-corrected chi connectivity index (χ0v) is 13.2. The number of fused-ring (bicyclic) bond motifs is 1. The first kappa shape index (κ1) is 14.9. The summed E-state index contributed by atoms with van der Waals surface area (Å²) in [6.45, 7) is 0. The van der Waals surface area contributed by atoms with E-state index in [9.17, 15) is 0 Å². The van der Waals surface area contributed by atoms with Crippen LogP contribution in [0.1, 0.15) is 29.0 Å². The lowest BCUT2D eigenvalue weighted by Crippen LogP contribution is -2.39. The molecular formula is C17H18Cl2N2. The van der Waals surface area contributed by atoms with E-state index < -0.39 is 0 Å². The van der Waals surface area contributed by atoms with E-state index in [0.29, 0.717) is 16.0 Å². The fourth-order valence-corrected chi connectivity index (χ4v) is 3.57. The van der Waals surface area contributed by atoms with Crippen molar-refractivity contribution >= 4 is 23.2 Å². The van der Waals surface area contributed by atoms with Gasteiger partial charge in [0.15, 0.2) is 0 Å². The minimum Gasteiger partial charge on any atom is -0.271 e. The first-order valence-electron chi connectivity index (χ1n) is 7.15. The molecule has 0 saturated carbocycles. The zero-order chi connectivity index (χ0) is 14.8. The Morgan fingerprint density at radius 2 is 2.00 bits per heavy atom. The summed E-state index contributed by atoms with van der Waals surface area (Å²) >= 11 is 12.2. The number of nitrogens with one attached hydrogen (secondary N) is 1. The smallest absolute Gasteiger partial charge is 0.0453 e. The maximum Gasteiger partial charge on any atom is 0.0453 e. The number of hydrogen-bond acceptors (Lipinski definition) is 2. The van der Waals surface area contributed by atoms with Gasteiger partial charge in [-0.3, -0.25) is 11.3 Å². The van der Waals surface area contributed by atoms with Crippen LogP contribution in [0.4, 0.5) is 0 Å². The highest BCUT2D eigenvalue weighted by Gasteiger charge is 2.27. The molecule has 110 valence electrons. The van der Waals surface area contributed by atoms with Crippen LogP contribution in [0.3, 0.4) is 0 Å². The Balaban J connectivity index is 1.67. The Labute approximate surface area is 135 Å². The number of nitrogens with two attached hydrogens (primary N) is 1. The summed E-state index contributed by atoms with van der Waals surface area (Å²) in [4.78, 5) is 0. The second-order valence-electron chi connectivity index (χ2n) is 5.64. The van der Waals surface area contributed by atoms with Crippen molar-refractivity contribution in [1.29, 1.82) is 0 Å². The van der Waals surface area contributed by atoms with Crippen molar-refractivity contribution in [1.82, 2.24) is 5.43 Å². The second-order valence-corrected chi connectivity index (χ2v) is 6.48. The van der Waals surface area contributed by atoms with Gasteiger partial charge in [-0.1, -0.05) is 53.5 Å². The van der Waals surface area contributed by atoms with Gasteiger partial charge in [-0.25, -0.2) is 0 Å². The van der Waals surface area contributed by atoms with Crippen molar-refractivity contribution in [3.63, 3.8) is 0 Å². The molecule has 0 aromatic heterocycles. The van der Waals surface area contributed by atoms with Gasteiger partial charge in [-0.15, -0.1) is 0 Å². The molecule has 4 heteroatoms. The van der Waals surface area contributed by atoms with Gasteiger partial charge >= 0.3 is 0 Å². The summed E-state index contributed by atoms with van der Waals surface area (Å²) in [5.74, 6) is 6.32. The quantitative estimate of drug-likeness (QED) is 0.643. The molecular weight excluding hydrogens is 303 g/mol. The normalized spacial score (nSPS) is 18.0. The van der Waals surface area contributed by atoms with Gasteiger partial charge in [0.1, 0.15) is 0 Å². The van der Waals surface area contributed by atoms with Gasteiger partial charge in [-0.05, 0) is 54.0 Å². The number of rotatable bonds is 5. The van der Waals surface area contributed by atoms with Crippen LogP contribution in [0, 0.1) is 0 Å². The molecule has 0 aliphatic heterocycles. The predicted molar refractivity (Wildman–Crippen MR) is 88.8 cm³/mol. The van der Waals surface area contributed by atoms with Crippen molar-refractivity contribution < 1.29 is 0 Å². The lowest BCUT2D eigenvalue weighted by Gasteiger charge is -2.33. The summed E-state index contributed by atoms with van der Waals surface area (Å²) in [5, 5.41) is 1.37. The van der Waals surface area contributed by atoms with Crippen LogP contribution >= 0.6 is 23.2 Å².